The van der Waals surface area contributed by atoms with E-state index in [9.17, 15) is 4.79 Å². The van der Waals surface area contributed by atoms with E-state index in [1.165, 1.54) is 0 Å². The van der Waals surface area contributed by atoms with E-state index in [1.54, 1.807) is 14.0 Å². The minimum absolute atomic E-state index is 0.349. The molecule has 0 radical (unpaired) electrons. The summed E-state index contributed by atoms with van der Waals surface area (Å²) in [5.41, 5.74) is 1.14. The molecule has 4 heteroatoms. The summed E-state index contributed by atoms with van der Waals surface area (Å²) in [5.74, 6) is -0.278. The van der Waals surface area contributed by atoms with Gasteiger partial charge in [-0.2, -0.15) is 0 Å². The molecule has 0 aliphatic heterocycles. The third-order valence-electron chi connectivity index (χ3n) is 2.62. The summed E-state index contributed by atoms with van der Waals surface area (Å²) in [6, 6.07) is 7.79. The predicted molar refractivity (Wildman–Crippen MR) is 66.1 cm³/mol. The Balaban J connectivity index is 2.49. The zero-order valence-corrected chi connectivity index (χ0v) is 10.5. The highest BCUT2D eigenvalue weighted by atomic mass is 16.5. The normalized spacial score (nSPS) is 12.5. The van der Waals surface area contributed by atoms with Crippen molar-refractivity contribution in [2.45, 2.75) is 13.5 Å². The molecule has 1 aromatic rings. The van der Waals surface area contributed by atoms with Crippen LogP contribution in [0.4, 0.5) is 0 Å². The zero-order chi connectivity index (χ0) is 12.8. The van der Waals surface area contributed by atoms with E-state index in [4.69, 9.17) is 9.84 Å². The van der Waals surface area contributed by atoms with Crippen LogP contribution in [0.5, 0.6) is 5.75 Å². The average molecular weight is 237 g/mol. The van der Waals surface area contributed by atoms with Crippen LogP contribution in [-0.2, 0) is 11.3 Å². The van der Waals surface area contributed by atoms with Crippen LogP contribution in [0.2, 0.25) is 0 Å². The maximum atomic E-state index is 10.7. The molecule has 1 aromatic carbocycles. The lowest BCUT2D eigenvalue weighted by Crippen LogP contribution is -2.28. The van der Waals surface area contributed by atoms with Gasteiger partial charge in [-0.3, -0.25) is 4.79 Å². The monoisotopic (exact) mass is 237 g/mol. The standard InChI is InChI=1S/C13H19NO3/c1-10(13(15)16)8-14(2)9-11-4-6-12(17-3)7-5-11/h4-7,10H,8-9H2,1-3H3,(H,15,16). The second-order valence-corrected chi connectivity index (χ2v) is 4.28. The highest BCUT2D eigenvalue weighted by Crippen LogP contribution is 2.13. The Morgan fingerprint density at radius 3 is 2.47 bits per heavy atom. The van der Waals surface area contributed by atoms with Crippen molar-refractivity contribution in [3.63, 3.8) is 0 Å². The van der Waals surface area contributed by atoms with Crippen molar-refractivity contribution in [3.8, 4) is 5.75 Å². The summed E-state index contributed by atoms with van der Waals surface area (Å²) in [6.07, 6.45) is 0. The molecule has 0 saturated carbocycles. The summed E-state index contributed by atoms with van der Waals surface area (Å²) >= 11 is 0. The minimum atomic E-state index is -0.758. The van der Waals surface area contributed by atoms with Gasteiger partial charge in [0.05, 0.1) is 13.0 Å². The van der Waals surface area contributed by atoms with E-state index >= 15 is 0 Å². The number of aliphatic carboxylic acids is 1. The molecule has 1 N–H and O–H groups in total. The predicted octanol–water partition coefficient (Wildman–Crippen LogP) is 1.85. The molecule has 0 amide bonds. The molecule has 0 aromatic heterocycles. The first-order chi connectivity index (χ1) is 8.02. The van der Waals surface area contributed by atoms with Crippen molar-refractivity contribution < 1.29 is 14.6 Å². The van der Waals surface area contributed by atoms with Crippen molar-refractivity contribution in [2.75, 3.05) is 20.7 Å². The van der Waals surface area contributed by atoms with Gasteiger partial charge < -0.3 is 14.7 Å². The lowest BCUT2D eigenvalue weighted by molar-refractivity contribution is -0.141. The van der Waals surface area contributed by atoms with E-state index < -0.39 is 5.97 Å². The molecule has 0 aliphatic rings. The van der Waals surface area contributed by atoms with Gasteiger partial charge in [0.1, 0.15) is 5.75 Å². The van der Waals surface area contributed by atoms with Gasteiger partial charge in [0.2, 0.25) is 0 Å². The van der Waals surface area contributed by atoms with Crippen molar-refractivity contribution in [3.05, 3.63) is 29.8 Å². The summed E-state index contributed by atoms with van der Waals surface area (Å²) in [6.45, 7) is 3.00. The van der Waals surface area contributed by atoms with E-state index in [1.807, 2.05) is 36.2 Å². The van der Waals surface area contributed by atoms with Crippen LogP contribution in [0.15, 0.2) is 24.3 Å². The van der Waals surface area contributed by atoms with Gasteiger partial charge >= 0.3 is 5.97 Å². The van der Waals surface area contributed by atoms with Crippen molar-refractivity contribution in [1.82, 2.24) is 4.90 Å². The average Bonchev–Trinajstić information content (AvgIpc) is 2.29. The summed E-state index contributed by atoms with van der Waals surface area (Å²) < 4.78 is 5.08. The topological polar surface area (TPSA) is 49.8 Å². The summed E-state index contributed by atoms with van der Waals surface area (Å²) in [7, 11) is 3.55. The number of ether oxygens (including phenoxy) is 1. The highest BCUT2D eigenvalue weighted by Gasteiger charge is 2.13. The molecule has 0 bridgehead atoms. The van der Waals surface area contributed by atoms with Gasteiger partial charge in [-0.05, 0) is 24.7 Å². The second-order valence-electron chi connectivity index (χ2n) is 4.28. The molecule has 0 aliphatic carbocycles. The largest absolute Gasteiger partial charge is 0.497 e. The molecule has 94 valence electrons. The van der Waals surface area contributed by atoms with E-state index in [0.29, 0.717) is 6.54 Å². The molecular formula is C13H19NO3. The molecule has 1 atom stereocenters. The minimum Gasteiger partial charge on any atom is -0.497 e. The molecule has 0 saturated heterocycles. The molecular weight excluding hydrogens is 218 g/mol. The fourth-order valence-electron chi connectivity index (χ4n) is 1.65. The van der Waals surface area contributed by atoms with Crippen molar-refractivity contribution in [1.29, 1.82) is 0 Å². The van der Waals surface area contributed by atoms with Gasteiger partial charge in [-0.25, -0.2) is 0 Å². The lowest BCUT2D eigenvalue weighted by Gasteiger charge is -2.19. The molecule has 17 heavy (non-hydrogen) atoms. The van der Waals surface area contributed by atoms with Gasteiger partial charge in [0.25, 0.3) is 0 Å². The maximum Gasteiger partial charge on any atom is 0.307 e. The number of hydrogen-bond donors (Lipinski definition) is 1. The second kappa shape index (κ2) is 6.25. The Hall–Kier alpha value is -1.55. The SMILES string of the molecule is COc1ccc(CN(C)CC(C)C(=O)O)cc1. The van der Waals surface area contributed by atoms with Gasteiger partial charge in [-0.15, -0.1) is 0 Å². The first kappa shape index (κ1) is 13.5. The number of carbonyl (C=O) groups is 1. The molecule has 0 heterocycles. The molecule has 0 fully saturated rings. The van der Waals surface area contributed by atoms with Crippen LogP contribution in [0.1, 0.15) is 12.5 Å². The van der Waals surface area contributed by atoms with Crippen LogP contribution in [0, 0.1) is 5.92 Å². The molecule has 0 spiro atoms. The third kappa shape index (κ3) is 4.44. The van der Waals surface area contributed by atoms with E-state index in [0.717, 1.165) is 17.9 Å². The smallest absolute Gasteiger partial charge is 0.307 e. The highest BCUT2D eigenvalue weighted by molar-refractivity contribution is 5.69. The summed E-state index contributed by atoms with van der Waals surface area (Å²) in [5, 5.41) is 8.82. The van der Waals surface area contributed by atoms with Gasteiger partial charge in [0, 0.05) is 13.1 Å². The summed E-state index contributed by atoms with van der Waals surface area (Å²) in [4.78, 5) is 12.7. The first-order valence-corrected chi connectivity index (χ1v) is 5.57. The van der Waals surface area contributed by atoms with E-state index in [2.05, 4.69) is 0 Å². The number of nitrogens with zero attached hydrogens (tertiary/aromatic N) is 1. The quantitative estimate of drug-likeness (QED) is 0.820. The fraction of sp³-hybridized carbons (Fsp3) is 0.462. The Labute approximate surface area is 102 Å². The molecule has 1 rings (SSSR count). The van der Waals surface area contributed by atoms with Crippen LogP contribution in [0.3, 0.4) is 0 Å². The number of methoxy groups -OCH3 is 1. The van der Waals surface area contributed by atoms with Crippen LogP contribution in [-0.4, -0.2) is 36.7 Å². The van der Waals surface area contributed by atoms with Gasteiger partial charge in [-0.1, -0.05) is 19.1 Å². The number of hydrogen-bond acceptors (Lipinski definition) is 3. The maximum absolute atomic E-state index is 10.7. The van der Waals surface area contributed by atoms with E-state index in [-0.39, 0.29) is 5.92 Å². The van der Waals surface area contributed by atoms with Crippen molar-refractivity contribution in [2.24, 2.45) is 5.92 Å². The van der Waals surface area contributed by atoms with Crippen molar-refractivity contribution >= 4 is 5.97 Å². The number of carboxylic acid groups (broad SMARTS) is 1. The van der Waals surface area contributed by atoms with Crippen LogP contribution in [0.25, 0.3) is 0 Å². The number of carboxylic acids is 1. The van der Waals surface area contributed by atoms with Crippen LogP contribution < -0.4 is 4.74 Å². The van der Waals surface area contributed by atoms with Gasteiger partial charge in [0.15, 0.2) is 0 Å². The fourth-order valence-corrected chi connectivity index (χ4v) is 1.65. The first-order valence-electron chi connectivity index (χ1n) is 5.57. The molecule has 1 unspecified atom stereocenters. The Morgan fingerprint density at radius 2 is 2.00 bits per heavy atom. The Kier molecular flexibility index (Phi) is 4.97. The zero-order valence-electron chi connectivity index (χ0n) is 10.5. The Morgan fingerprint density at radius 1 is 1.41 bits per heavy atom. The number of rotatable bonds is 6. The third-order valence-corrected chi connectivity index (χ3v) is 2.62. The molecule has 4 nitrogen and oxygen atoms in total. The lowest BCUT2D eigenvalue weighted by atomic mass is 10.1. The number of benzene rings is 1. The Bertz CT molecular complexity index is 361. The van der Waals surface area contributed by atoms with Crippen LogP contribution >= 0.6 is 0 Å².